The number of aryl methyl sites for hydroxylation is 2. The third-order valence-corrected chi connectivity index (χ3v) is 2.12. The zero-order valence-corrected chi connectivity index (χ0v) is 9.82. The molecule has 0 aliphatic rings. The number of ether oxygens (including phenoxy) is 1. The molecule has 5 nitrogen and oxygen atoms in total. The number of aromatic nitrogens is 2. The predicted molar refractivity (Wildman–Crippen MR) is 58.2 cm³/mol. The van der Waals surface area contributed by atoms with E-state index >= 15 is 0 Å². The third kappa shape index (κ3) is 3.18. The lowest BCUT2D eigenvalue weighted by molar-refractivity contribution is -0.116. The second-order valence-electron chi connectivity index (χ2n) is 3.60. The maximum Gasteiger partial charge on any atom is 0.359 e. The second-order valence-corrected chi connectivity index (χ2v) is 3.60. The van der Waals surface area contributed by atoms with E-state index in [4.69, 9.17) is 4.74 Å². The molecule has 1 aromatic rings. The van der Waals surface area contributed by atoms with Gasteiger partial charge in [-0.1, -0.05) is 0 Å². The Morgan fingerprint density at radius 2 is 2.19 bits per heavy atom. The highest BCUT2D eigenvalue weighted by atomic mass is 16.5. The molecule has 0 spiro atoms. The maximum atomic E-state index is 11.5. The van der Waals surface area contributed by atoms with Crippen molar-refractivity contribution in [1.82, 2.24) is 9.78 Å². The molecule has 0 unspecified atom stereocenters. The van der Waals surface area contributed by atoms with Gasteiger partial charge in [0.25, 0.3) is 0 Å². The van der Waals surface area contributed by atoms with Crippen LogP contribution in [0, 0.1) is 0 Å². The Morgan fingerprint density at radius 1 is 1.50 bits per heavy atom. The van der Waals surface area contributed by atoms with Crippen molar-refractivity contribution in [1.29, 1.82) is 0 Å². The summed E-state index contributed by atoms with van der Waals surface area (Å²) in [6.07, 6.45) is 2.69. The van der Waals surface area contributed by atoms with Crippen molar-refractivity contribution < 1.29 is 14.3 Å². The summed E-state index contributed by atoms with van der Waals surface area (Å²) in [5, 5.41) is 4.04. The Hall–Kier alpha value is -1.65. The summed E-state index contributed by atoms with van der Waals surface area (Å²) >= 11 is 0. The smallest absolute Gasteiger partial charge is 0.359 e. The number of hydrogen-bond acceptors (Lipinski definition) is 4. The van der Waals surface area contributed by atoms with Gasteiger partial charge in [-0.05, 0) is 20.3 Å². The van der Waals surface area contributed by atoms with Crippen molar-refractivity contribution in [3.8, 4) is 0 Å². The van der Waals surface area contributed by atoms with Crippen LogP contribution in [0.2, 0.25) is 0 Å². The molecule has 0 saturated heterocycles. The Morgan fingerprint density at radius 3 is 2.75 bits per heavy atom. The Labute approximate surface area is 94.4 Å². The van der Waals surface area contributed by atoms with E-state index in [9.17, 15) is 9.59 Å². The van der Waals surface area contributed by atoms with E-state index in [0.717, 1.165) is 5.56 Å². The first-order valence-corrected chi connectivity index (χ1v) is 5.23. The van der Waals surface area contributed by atoms with E-state index in [-0.39, 0.29) is 5.78 Å². The van der Waals surface area contributed by atoms with Gasteiger partial charge in [-0.25, -0.2) is 4.79 Å². The molecule has 0 N–H and O–H groups in total. The van der Waals surface area contributed by atoms with E-state index in [0.29, 0.717) is 25.1 Å². The second kappa shape index (κ2) is 5.44. The van der Waals surface area contributed by atoms with Crippen LogP contribution >= 0.6 is 0 Å². The minimum absolute atomic E-state index is 0.0960. The standard InChI is InChI=1S/C11H16N2O3/c1-4-16-11(15)10-9(6-5-8(2)14)7-13(3)12-10/h7H,4-6H2,1-3H3. The lowest BCUT2D eigenvalue weighted by atomic mass is 10.1. The van der Waals surface area contributed by atoms with Crippen LogP contribution < -0.4 is 0 Å². The molecule has 5 heteroatoms. The van der Waals surface area contributed by atoms with Gasteiger partial charge in [0.15, 0.2) is 5.69 Å². The number of Topliss-reactive ketones (excluding diaryl/α,β-unsaturated/α-hetero) is 1. The first-order chi connectivity index (χ1) is 7.54. The molecule has 0 fully saturated rings. The molecule has 0 radical (unpaired) electrons. The van der Waals surface area contributed by atoms with Gasteiger partial charge in [0.2, 0.25) is 0 Å². The summed E-state index contributed by atoms with van der Waals surface area (Å²) in [4.78, 5) is 22.4. The van der Waals surface area contributed by atoms with Crippen LogP contribution in [0.15, 0.2) is 6.20 Å². The van der Waals surface area contributed by atoms with Crippen molar-refractivity contribution >= 4 is 11.8 Å². The normalized spacial score (nSPS) is 10.2. The fraction of sp³-hybridized carbons (Fsp3) is 0.545. The van der Waals surface area contributed by atoms with Gasteiger partial charge in [-0.2, -0.15) is 5.10 Å². The summed E-state index contributed by atoms with van der Waals surface area (Å²) in [6, 6.07) is 0. The summed E-state index contributed by atoms with van der Waals surface area (Å²) in [6.45, 7) is 3.60. The maximum absolute atomic E-state index is 11.5. The van der Waals surface area contributed by atoms with Gasteiger partial charge in [0, 0.05) is 25.2 Å². The summed E-state index contributed by atoms with van der Waals surface area (Å²) in [5.74, 6) is -0.333. The van der Waals surface area contributed by atoms with Gasteiger partial charge in [-0.3, -0.25) is 4.68 Å². The minimum Gasteiger partial charge on any atom is -0.461 e. The van der Waals surface area contributed by atoms with Crippen LogP contribution in [-0.2, 0) is 23.0 Å². The van der Waals surface area contributed by atoms with Crippen molar-refractivity contribution in [2.45, 2.75) is 26.7 Å². The average Bonchev–Trinajstić information content (AvgIpc) is 2.57. The number of ketones is 1. The number of carbonyl (C=O) groups excluding carboxylic acids is 2. The number of hydrogen-bond donors (Lipinski definition) is 0. The van der Waals surface area contributed by atoms with Crippen LogP contribution in [0.3, 0.4) is 0 Å². The van der Waals surface area contributed by atoms with Crippen LogP contribution in [0.5, 0.6) is 0 Å². The van der Waals surface area contributed by atoms with Crippen LogP contribution in [0.1, 0.15) is 36.3 Å². The van der Waals surface area contributed by atoms with Gasteiger partial charge in [-0.15, -0.1) is 0 Å². The van der Waals surface area contributed by atoms with Crippen molar-refractivity contribution in [2.24, 2.45) is 7.05 Å². The Balaban J connectivity index is 2.82. The highest BCUT2D eigenvalue weighted by Gasteiger charge is 2.17. The summed E-state index contributed by atoms with van der Waals surface area (Å²) in [5.41, 5.74) is 1.07. The molecule has 88 valence electrons. The predicted octanol–water partition coefficient (Wildman–Crippen LogP) is 1.12. The molecule has 1 rings (SSSR count). The molecule has 0 aromatic carbocycles. The van der Waals surface area contributed by atoms with Crippen LogP contribution in [0.25, 0.3) is 0 Å². The molecule has 16 heavy (non-hydrogen) atoms. The molecule has 0 atom stereocenters. The molecular formula is C11H16N2O3. The lowest BCUT2D eigenvalue weighted by Gasteiger charge is -2.00. The number of nitrogens with zero attached hydrogens (tertiary/aromatic N) is 2. The first-order valence-electron chi connectivity index (χ1n) is 5.23. The molecule has 0 bridgehead atoms. The highest BCUT2D eigenvalue weighted by Crippen LogP contribution is 2.10. The van der Waals surface area contributed by atoms with Crippen molar-refractivity contribution in [2.75, 3.05) is 6.61 Å². The van der Waals surface area contributed by atoms with Crippen molar-refractivity contribution in [3.63, 3.8) is 0 Å². The topological polar surface area (TPSA) is 61.2 Å². The van der Waals surface area contributed by atoms with Gasteiger partial charge in [0.1, 0.15) is 5.78 Å². The van der Waals surface area contributed by atoms with Crippen molar-refractivity contribution in [3.05, 3.63) is 17.5 Å². The highest BCUT2D eigenvalue weighted by molar-refractivity contribution is 5.89. The molecule has 1 aromatic heterocycles. The largest absolute Gasteiger partial charge is 0.461 e. The van der Waals surface area contributed by atoms with E-state index in [2.05, 4.69) is 5.10 Å². The SMILES string of the molecule is CCOC(=O)c1nn(C)cc1CCC(C)=O. The Kier molecular flexibility index (Phi) is 4.22. The van der Waals surface area contributed by atoms with E-state index in [1.807, 2.05) is 0 Å². The zero-order chi connectivity index (χ0) is 12.1. The van der Waals surface area contributed by atoms with Gasteiger partial charge < -0.3 is 9.53 Å². The fourth-order valence-corrected chi connectivity index (χ4v) is 1.40. The van der Waals surface area contributed by atoms with E-state index in [1.165, 1.54) is 6.92 Å². The average molecular weight is 224 g/mol. The van der Waals surface area contributed by atoms with Crippen LogP contribution in [-0.4, -0.2) is 28.1 Å². The third-order valence-electron chi connectivity index (χ3n) is 2.12. The van der Waals surface area contributed by atoms with Gasteiger partial charge in [0.05, 0.1) is 6.61 Å². The van der Waals surface area contributed by atoms with E-state index < -0.39 is 5.97 Å². The number of esters is 1. The fourth-order valence-electron chi connectivity index (χ4n) is 1.40. The van der Waals surface area contributed by atoms with Gasteiger partial charge >= 0.3 is 5.97 Å². The first kappa shape index (κ1) is 12.4. The molecular weight excluding hydrogens is 208 g/mol. The van der Waals surface area contributed by atoms with E-state index in [1.54, 1.807) is 24.9 Å². The number of carbonyl (C=O) groups is 2. The summed E-state index contributed by atoms with van der Waals surface area (Å²) in [7, 11) is 1.74. The molecule has 1 heterocycles. The molecule has 0 amide bonds. The summed E-state index contributed by atoms with van der Waals surface area (Å²) < 4.78 is 6.45. The lowest BCUT2D eigenvalue weighted by Crippen LogP contribution is -2.09. The monoisotopic (exact) mass is 224 g/mol. The zero-order valence-electron chi connectivity index (χ0n) is 9.82. The minimum atomic E-state index is -0.429. The molecule has 0 saturated carbocycles. The number of rotatable bonds is 5. The van der Waals surface area contributed by atoms with Crippen LogP contribution in [0.4, 0.5) is 0 Å². The quantitative estimate of drug-likeness (QED) is 0.703. The Bertz CT molecular complexity index is 396. The molecule has 0 aliphatic heterocycles. The molecule has 0 aliphatic carbocycles.